The lowest BCUT2D eigenvalue weighted by Gasteiger charge is -2.22. The van der Waals surface area contributed by atoms with E-state index in [1.54, 1.807) is 12.1 Å². The van der Waals surface area contributed by atoms with Gasteiger partial charge in [0.1, 0.15) is 6.54 Å². The number of hydrogen-bond donors (Lipinski definition) is 1. The molecule has 0 radical (unpaired) electrons. The Morgan fingerprint density at radius 3 is 2.41 bits per heavy atom. The number of carbonyl (C=O) groups excluding carboxylic acids is 2. The molecule has 144 valence electrons. The monoisotopic (exact) mass is 398 g/mol. The highest BCUT2D eigenvalue weighted by molar-refractivity contribution is 6.31. The standard InChI is InChI=1S/C19H18ClF3N2O2/c1-11-5-4-6-17(12(11)2)24-18(27)10-25(13(3)26)14-7-8-16(20)15(9-14)19(21,22)23/h4-9H,10H2,1-3H3,(H,24,27). The predicted octanol–water partition coefficient (Wildman–Crippen LogP) is 4.97. The highest BCUT2D eigenvalue weighted by Gasteiger charge is 2.34. The van der Waals surface area contributed by atoms with Gasteiger partial charge in [0, 0.05) is 18.3 Å². The third-order valence-electron chi connectivity index (χ3n) is 4.13. The third kappa shape index (κ3) is 5.01. The van der Waals surface area contributed by atoms with Gasteiger partial charge in [-0.2, -0.15) is 13.2 Å². The van der Waals surface area contributed by atoms with E-state index >= 15 is 0 Å². The average molecular weight is 399 g/mol. The molecule has 0 heterocycles. The van der Waals surface area contributed by atoms with Crippen LogP contribution < -0.4 is 10.2 Å². The van der Waals surface area contributed by atoms with Crippen molar-refractivity contribution in [3.05, 3.63) is 58.1 Å². The Hall–Kier alpha value is -2.54. The van der Waals surface area contributed by atoms with Gasteiger partial charge in [-0.3, -0.25) is 9.59 Å². The van der Waals surface area contributed by atoms with Crippen molar-refractivity contribution in [3.8, 4) is 0 Å². The number of rotatable bonds is 4. The predicted molar refractivity (Wildman–Crippen MR) is 99.0 cm³/mol. The summed E-state index contributed by atoms with van der Waals surface area (Å²) in [5.41, 5.74) is 1.30. The lowest BCUT2D eigenvalue weighted by molar-refractivity contribution is -0.137. The summed E-state index contributed by atoms with van der Waals surface area (Å²) >= 11 is 5.61. The summed E-state index contributed by atoms with van der Waals surface area (Å²) in [5, 5.41) is 2.20. The summed E-state index contributed by atoms with van der Waals surface area (Å²) < 4.78 is 39.2. The first-order valence-electron chi connectivity index (χ1n) is 8.01. The molecule has 0 aliphatic rings. The van der Waals surface area contributed by atoms with Crippen LogP contribution in [0.15, 0.2) is 36.4 Å². The lowest BCUT2D eigenvalue weighted by atomic mass is 10.1. The molecule has 27 heavy (non-hydrogen) atoms. The summed E-state index contributed by atoms with van der Waals surface area (Å²) in [4.78, 5) is 25.3. The van der Waals surface area contributed by atoms with E-state index < -0.39 is 35.1 Å². The van der Waals surface area contributed by atoms with Crippen LogP contribution in [-0.4, -0.2) is 18.4 Å². The van der Waals surface area contributed by atoms with Crippen LogP contribution in [0.2, 0.25) is 5.02 Å². The molecule has 4 nitrogen and oxygen atoms in total. The average Bonchev–Trinajstić information content (AvgIpc) is 2.56. The SMILES string of the molecule is CC(=O)N(CC(=O)Nc1cccc(C)c1C)c1ccc(Cl)c(C(F)(F)F)c1. The van der Waals surface area contributed by atoms with Gasteiger partial charge in [0.2, 0.25) is 11.8 Å². The summed E-state index contributed by atoms with van der Waals surface area (Å²) in [6.45, 7) is 4.47. The van der Waals surface area contributed by atoms with Crippen molar-refractivity contribution >= 4 is 34.8 Å². The Morgan fingerprint density at radius 1 is 1.15 bits per heavy atom. The number of benzene rings is 2. The number of aryl methyl sites for hydroxylation is 1. The molecular formula is C19H18ClF3N2O2. The summed E-state index contributed by atoms with van der Waals surface area (Å²) in [7, 11) is 0. The van der Waals surface area contributed by atoms with Crippen LogP contribution >= 0.6 is 11.6 Å². The van der Waals surface area contributed by atoms with Crippen LogP contribution in [0.25, 0.3) is 0 Å². The molecule has 0 aliphatic carbocycles. The fourth-order valence-electron chi connectivity index (χ4n) is 2.50. The zero-order chi connectivity index (χ0) is 20.4. The second-order valence-electron chi connectivity index (χ2n) is 6.06. The van der Waals surface area contributed by atoms with Crippen molar-refractivity contribution < 1.29 is 22.8 Å². The van der Waals surface area contributed by atoms with E-state index in [1.807, 2.05) is 19.9 Å². The molecule has 0 aromatic heterocycles. The molecule has 2 rings (SSSR count). The van der Waals surface area contributed by atoms with Crippen molar-refractivity contribution in [1.29, 1.82) is 0 Å². The highest BCUT2D eigenvalue weighted by Crippen LogP contribution is 2.37. The van der Waals surface area contributed by atoms with Crippen molar-refractivity contribution in [3.63, 3.8) is 0 Å². The van der Waals surface area contributed by atoms with Crippen LogP contribution in [0, 0.1) is 13.8 Å². The van der Waals surface area contributed by atoms with Crippen LogP contribution in [0.3, 0.4) is 0 Å². The van der Waals surface area contributed by atoms with Gasteiger partial charge in [-0.25, -0.2) is 0 Å². The number of anilines is 2. The highest BCUT2D eigenvalue weighted by atomic mass is 35.5. The van der Waals surface area contributed by atoms with Gasteiger partial charge in [0.15, 0.2) is 0 Å². The maximum absolute atomic E-state index is 13.1. The number of nitrogens with zero attached hydrogens (tertiary/aromatic N) is 1. The summed E-state index contributed by atoms with van der Waals surface area (Å²) in [6.07, 6.45) is -4.67. The topological polar surface area (TPSA) is 49.4 Å². The molecule has 0 atom stereocenters. The van der Waals surface area contributed by atoms with E-state index in [4.69, 9.17) is 11.6 Å². The van der Waals surface area contributed by atoms with E-state index in [1.165, 1.54) is 13.0 Å². The molecule has 0 unspecified atom stereocenters. The maximum atomic E-state index is 13.1. The normalized spacial score (nSPS) is 11.2. The van der Waals surface area contributed by atoms with E-state index in [0.29, 0.717) is 5.69 Å². The number of amides is 2. The first kappa shape index (κ1) is 20.8. The van der Waals surface area contributed by atoms with Crippen molar-refractivity contribution in [2.45, 2.75) is 26.9 Å². The zero-order valence-corrected chi connectivity index (χ0v) is 15.7. The molecule has 2 aromatic carbocycles. The molecule has 2 amide bonds. The first-order valence-corrected chi connectivity index (χ1v) is 8.39. The Bertz CT molecular complexity index is 882. The molecule has 0 spiro atoms. The Morgan fingerprint density at radius 2 is 1.81 bits per heavy atom. The number of carbonyl (C=O) groups is 2. The van der Waals surface area contributed by atoms with Crippen LogP contribution in [0.5, 0.6) is 0 Å². The second kappa shape index (κ2) is 8.00. The van der Waals surface area contributed by atoms with Gasteiger partial charge in [0.05, 0.1) is 10.6 Å². The fourth-order valence-corrected chi connectivity index (χ4v) is 2.73. The molecule has 0 bridgehead atoms. The van der Waals surface area contributed by atoms with Gasteiger partial charge >= 0.3 is 6.18 Å². The van der Waals surface area contributed by atoms with Crippen LogP contribution in [0.1, 0.15) is 23.6 Å². The van der Waals surface area contributed by atoms with Crippen molar-refractivity contribution in [1.82, 2.24) is 0 Å². The van der Waals surface area contributed by atoms with Crippen LogP contribution in [0.4, 0.5) is 24.5 Å². The molecule has 8 heteroatoms. The van der Waals surface area contributed by atoms with E-state index in [2.05, 4.69) is 5.32 Å². The molecule has 0 saturated carbocycles. The van der Waals surface area contributed by atoms with Gasteiger partial charge in [-0.05, 0) is 49.2 Å². The number of alkyl halides is 3. The Kier molecular flexibility index (Phi) is 6.15. The Balaban J connectivity index is 2.27. The fraction of sp³-hybridized carbons (Fsp3) is 0.263. The smallest absolute Gasteiger partial charge is 0.324 e. The van der Waals surface area contributed by atoms with Gasteiger partial charge in [-0.1, -0.05) is 23.7 Å². The quantitative estimate of drug-likeness (QED) is 0.790. The van der Waals surface area contributed by atoms with Gasteiger partial charge in [-0.15, -0.1) is 0 Å². The number of hydrogen-bond acceptors (Lipinski definition) is 2. The first-order chi connectivity index (χ1) is 12.5. The molecule has 0 saturated heterocycles. The second-order valence-corrected chi connectivity index (χ2v) is 6.47. The van der Waals surface area contributed by atoms with E-state index in [0.717, 1.165) is 28.2 Å². The van der Waals surface area contributed by atoms with Crippen molar-refractivity contribution in [2.24, 2.45) is 0 Å². The van der Waals surface area contributed by atoms with Crippen LogP contribution in [-0.2, 0) is 15.8 Å². The van der Waals surface area contributed by atoms with Crippen molar-refractivity contribution in [2.75, 3.05) is 16.8 Å². The number of nitrogens with one attached hydrogen (secondary N) is 1. The molecular weight excluding hydrogens is 381 g/mol. The molecule has 1 N–H and O–H groups in total. The largest absolute Gasteiger partial charge is 0.417 e. The minimum atomic E-state index is -4.67. The molecule has 0 aliphatic heterocycles. The Labute approximate surface area is 159 Å². The minimum absolute atomic E-state index is 0.0599. The summed E-state index contributed by atoms with van der Waals surface area (Å²) in [6, 6.07) is 8.45. The van der Waals surface area contributed by atoms with Gasteiger partial charge in [0.25, 0.3) is 0 Å². The lowest BCUT2D eigenvalue weighted by Crippen LogP contribution is -2.37. The minimum Gasteiger partial charge on any atom is -0.324 e. The van der Waals surface area contributed by atoms with E-state index in [-0.39, 0.29) is 5.69 Å². The molecule has 2 aromatic rings. The molecule has 0 fully saturated rings. The maximum Gasteiger partial charge on any atom is 0.417 e. The third-order valence-corrected chi connectivity index (χ3v) is 4.46. The van der Waals surface area contributed by atoms with E-state index in [9.17, 15) is 22.8 Å². The van der Waals surface area contributed by atoms with Gasteiger partial charge < -0.3 is 10.2 Å². The number of halogens is 4. The zero-order valence-electron chi connectivity index (χ0n) is 14.9. The summed E-state index contributed by atoms with van der Waals surface area (Å²) in [5.74, 6) is -1.09.